The van der Waals surface area contributed by atoms with Gasteiger partial charge in [0.05, 0.1) is 37.6 Å². The van der Waals surface area contributed by atoms with E-state index in [-0.39, 0.29) is 18.6 Å². The van der Waals surface area contributed by atoms with E-state index in [1.807, 2.05) is 6.20 Å². The number of fused-ring (bicyclic) bond motifs is 2. The molecule has 1 aliphatic carbocycles. The second-order valence-corrected chi connectivity index (χ2v) is 13.3. The molecule has 3 heterocycles. The van der Waals surface area contributed by atoms with E-state index in [4.69, 9.17) is 14.2 Å². The summed E-state index contributed by atoms with van der Waals surface area (Å²) in [5.74, 6) is 1.39. The number of piperidine rings is 1. The monoisotopic (exact) mass is 677 g/mol. The highest BCUT2D eigenvalue weighted by Crippen LogP contribution is 2.42. The van der Waals surface area contributed by atoms with Gasteiger partial charge in [-0.05, 0) is 93.1 Å². The van der Waals surface area contributed by atoms with Gasteiger partial charge in [0.1, 0.15) is 6.61 Å². The normalized spacial score (nSPS) is 20.3. The van der Waals surface area contributed by atoms with Crippen LogP contribution in [0, 0.1) is 0 Å². The molecule has 2 fully saturated rings. The molecule has 8 nitrogen and oxygen atoms in total. The summed E-state index contributed by atoms with van der Waals surface area (Å²) in [6.45, 7) is 6.96. The van der Waals surface area contributed by atoms with Gasteiger partial charge in [-0.15, -0.1) is 0 Å². The Balaban J connectivity index is 1.23. The lowest BCUT2D eigenvalue weighted by molar-refractivity contribution is 0.0794. The molecule has 1 atom stereocenters. The standard InChI is InChI=1S/C36H44BrN3O5/c1-3-18-45-36(42)40-24-30-20-28(26-9-7-25(8-10-26)27-13-16-38(17-14-27)29-11-12-29)23-39(30)35(41)31-21-33(43-2)34(22-32(31)40)44-19-6-4-5-15-37/h3,7-10,21-23,27,29-30H,1,4-6,11-20,24H2,2H3/t30-/m0/s1. The Morgan fingerprint density at radius 2 is 1.80 bits per heavy atom. The average molecular weight is 679 g/mol. The first kappa shape index (κ1) is 31.7. The zero-order valence-corrected chi connectivity index (χ0v) is 27.8. The number of anilines is 1. The lowest BCUT2D eigenvalue weighted by Gasteiger charge is -2.32. The van der Waals surface area contributed by atoms with Crippen LogP contribution in [0.4, 0.5) is 10.5 Å². The van der Waals surface area contributed by atoms with Crippen LogP contribution in [-0.2, 0) is 4.74 Å². The molecule has 3 aliphatic heterocycles. The smallest absolute Gasteiger partial charge is 0.414 e. The molecular weight excluding hydrogens is 634 g/mol. The molecule has 2 aromatic rings. The van der Waals surface area contributed by atoms with Crippen molar-refractivity contribution in [3.05, 3.63) is 71.9 Å². The molecule has 0 radical (unpaired) electrons. The molecule has 240 valence electrons. The number of methoxy groups -OCH3 is 1. The molecule has 9 heteroatoms. The number of ether oxygens (including phenoxy) is 3. The summed E-state index contributed by atoms with van der Waals surface area (Å²) in [4.78, 5) is 33.5. The largest absolute Gasteiger partial charge is 0.493 e. The van der Waals surface area contributed by atoms with Gasteiger partial charge < -0.3 is 24.0 Å². The van der Waals surface area contributed by atoms with E-state index in [1.54, 1.807) is 35.1 Å². The van der Waals surface area contributed by atoms with Gasteiger partial charge >= 0.3 is 6.09 Å². The fourth-order valence-corrected chi connectivity index (χ4v) is 7.25. The number of amides is 2. The van der Waals surface area contributed by atoms with E-state index in [0.717, 1.165) is 41.8 Å². The van der Waals surface area contributed by atoms with Crippen LogP contribution in [0.15, 0.2) is 55.3 Å². The highest BCUT2D eigenvalue weighted by atomic mass is 79.9. The number of carbonyl (C=O) groups excluding carboxylic acids is 2. The van der Waals surface area contributed by atoms with Gasteiger partial charge in [-0.1, -0.05) is 52.9 Å². The van der Waals surface area contributed by atoms with Crippen LogP contribution in [0.1, 0.15) is 78.8 Å². The molecule has 0 unspecified atom stereocenters. The zero-order chi connectivity index (χ0) is 31.3. The number of likely N-dealkylation sites (tertiary alicyclic amines) is 1. The summed E-state index contributed by atoms with van der Waals surface area (Å²) in [6.07, 6.45) is 11.8. The zero-order valence-electron chi connectivity index (χ0n) is 26.2. The fourth-order valence-electron chi connectivity index (χ4n) is 6.86. The minimum absolute atomic E-state index is 0.0789. The molecule has 0 spiro atoms. The van der Waals surface area contributed by atoms with Crippen LogP contribution in [-0.4, -0.2) is 79.2 Å². The SMILES string of the molecule is C=CCOC(=O)N1C[C@@H]2CC(c3ccc(C4CCN(C5CC5)CC4)cc3)=CN2C(=O)c2cc(OC)c(OCCCCCBr)cc21. The van der Waals surface area contributed by atoms with E-state index in [2.05, 4.69) is 51.7 Å². The highest BCUT2D eigenvalue weighted by Gasteiger charge is 2.40. The van der Waals surface area contributed by atoms with Crippen LogP contribution in [0.2, 0.25) is 0 Å². The number of hydrogen-bond acceptors (Lipinski definition) is 6. The van der Waals surface area contributed by atoms with Crippen molar-refractivity contribution < 1.29 is 23.8 Å². The third kappa shape index (κ3) is 7.09. The Morgan fingerprint density at radius 1 is 1.02 bits per heavy atom. The second-order valence-electron chi connectivity index (χ2n) is 12.5. The summed E-state index contributed by atoms with van der Waals surface area (Å²) in [5.41, 5.74) is 4.43. The summed E-state index contributed by atoms with van der Waals surface area (Å²) >= 11 is 3.47. The van der Waals surface area contributed by atoms with Crippen molar-refractivity contribution in [2.75, 3.05) is 50.2 Å². The van der Waals surface area contributed by atoms with E-state index < -0.39 is 6.09 Å². The maximum Gasteiger partial charge on any atom is 0.414 e. The molecular formula is C36H44BrN3O5. The summed E-state index contributed by atoms with van der Waals surface area (Å²) in [5, 5.41) is 0.956. The highest BCUT2D eigenvalue weighted by molar-refractivity contribution is 9.09. The van der Waals surface area contributed by atoms with E-state index in [1.165, 1.54) is 44.3 Å². The third-order valence-electron chi connectivity index (χ3n) is 9.50. The van der Waals surface area contributed by atoms with E-state index >= 15 is 0 Å². The quantitative estimate of drug-likeness (QED) is 0.133. The third-order valence-corrected chi connectivity index (χ3v) is 10.1. The molecule has 45 heavy (non-hydrogen) atoms. The number of benzene rings is 2. The van der Waals surface area contributed by atoms with Crippen LogP contribution in [0.5, 0.6) is 11.5 Å². The van der Waals surface area contributed by atoms with Gasteiger partial charge in [-0.2, -0.15) is 0 Å². The molecule has 0 bridgehead atoms. The molecule has 0 aromatic heterocycles. The first-order valence-corrected chi connectivity index (χ1v) is 17.5. The molecule has 4 aliphatic rings. The molecule has 2 aromatic carbocycles. The van der Waals surface area contributed by atoms with Crippen molar-refractivity contribution in [2.24, 2.45) is 0 Å². The Kier molecular flexibility index (Phi) is 10.1. The van der Waals surface area contributed by atoms with Crippen molar-refractivity contribution in [3.8, 4) is 11.5 Å². The van der Waals surface area contributed by atoms with Crippen molar-refractivity contribution >= 4 is 39.2 Å². The van der Waals surface area contributed by atoms with Crippen LogP contribution >= 0.6 is 15.9 Å². The first-order chi connectivity index (χ1) is 22.0. The van der Waals surface area contributed by atoms with Gasteiger partial charge in [0, 0.05) is 23.6 Å². The van der Waals surface area contributed by atoms with Gasteiger partial charge in [0.2, 0.25) is 0 Å². The van der Waals surface area contributed by atoms with E-state index in [9.17, 15) is 9.59 Å². The van der Waals surface area contributed by atoms with Gasteiger partial charge in [0.25, 0.3) is 5.91 Å². The summed E-state index contributed by atoms with van der Waals surface area (Å²) in [6, 6.07) is 13.0. The molecule has 1 saturated carbocycles. The van der Waals surface area contributed by atoms with Crippen molar-refractivity contribution in [1.29, 1.82) is 0 Å². The van der Waals surface area contributed by atoms with Crippen LogP contribution < -0.4 is 14.4 Å². The number of carbonyl (C=O) groups is 2. The summed E-state index contributed by atoms with van der Waals surface area (Å²) in [7, 11) is 1.56. The van der Waals surface area contributed by atoms with Crippen molar-refractivity contribution in [2.45, 2.75) is 69.4 Å². The van der Waals surface area contributed by atoms with Gasteiger partial charge in [0.15, 0.2) is 11.5 Å². The lowest BCUT2D eigenvalue weighted by Crippen LogP contribution is -2.41. The Labute approximate surface area is 275 Å². The topological polar surface area (TPSA) is 71.6 Å². The number of nitrogens with zero attached hydrogens (tertiary/aromatic N) is 3. The minimum atomic E-state index is -0.523. The van der Waals surface area contributed by atoms with Crippen molar-refractivity contribution in [1.82, 2.24) is 9.80 Å². The lowest BCUT2D eigenvalue weighted by atomic mass is 9.88. The minimum Gasteiger partial charge on any atom is -0.493 e. The Hall–Kier alpha value is -3.30. The number of unbranched alkanes of at least 4 members (excludes halogenated alkanes) is 2. The van der Waals surface area contributed by atoms with Crippen LogP contribution in [0.25, 0.3) is 5.57 Å². The van der Waals surface area contributed by atoms with Gasteiger partial charge in [-0.25, -0.2) is 4.79 Å². The van der Waals surface area contributed by atoms with Crippen LogP contribution in [0.3, 0.4) is 0 Å². The predicted octanol–water partition coefficient (Wildman–Crippen LogP) is 7.38. The second kappa shape index (κ2) is 14.4. The fraction of sp³-hybridized carbons (Fsp3) is 0.500. The predicted molar refractivity (Wildman–Crippen MR) is 181 cm³/mol. The average Bonchev–Trinajstić information content (AvgIpc) is 3.86. The molecule has 1 saturated heterocycles. The number of alkyl halides is 1. The van der Waals surface area contributed by atoms with Crippen molar-refractivity contribution in [3.63, 3.8) is 0 Å². The molecule has 0 N–H and O–H groups in total. The van der Waals surface area contributed by atoms with E-state index in [0.29, 0.717) is 48.2 Å². The first-order valence-electron chi connectivity index (χ1n) is 16.3. The number of halogens is 1. The number of rotatable bonds is 12. The maximum atomic E-state index is 14.1. The maximum absolute atomic E-state index is 14.1. The Morgan fingerprint density at radius 3 is 2.49 bits per heavy atom. The summed E-state index contributed by atoms with van der Waals surface area (Å²) < 4.78 is 17.2. The van der Waals surface area contributed by atoms with Gasteiger partial charge in [-0.3, -0.25) is 9.69 Å². The number of hydrogen-bond donors (Lipinski definition) is 0. The Bertz CT molecular complexity index is 1410. The molecule has 6 rings (SSSR count). The molecule has 2 amide bonds.